The van der Waals surface area contributed by atoms with Gasteiger partial charge in [0.25, 0.3) is 5.91 Å². The average molecular weight is 378 g/mol. The molecule has 3 rings (SSSR count). The van der Waals surface area contributed by atoms with Gasteiger partial charge in [-0.25, -0.2) is 9.87 Å². The van der Waals surface area contributed by atoms with Crippen molar-refractivity contribution in [1.29, 1.82) is 0 Å². The van der Waals surface area contributed by atoms with Crippen molar-refractivity contribution in [3.63, 3.8) is 0 Å². The monoisotopic (exact) mass is 378 g/mol. The van der Waals surface area contributed by atoms with Crippen LogP contribution in [0.2, 0.25) is 0 Å². The predicted octanol–water partition coefficient (Wildman–Crippen LogP) is 3.50. The number of rotatable bonds is 6. The molecular weight excluding hydrogens is 359 g/mol. The SMILES string of the molecule is NC(=O)c1cccc(-c2ccc(C(=O)NO)cc2)c1CCc1ccc(F)cc1. The zero-order valence-electron chi connectivity index (χ0n) is 15.0. The van der Waals surface area contributed by atoms with E-state index >= 15 is 0 Å². The van der Waals surface area contributed by atoms with E-state index in [1.807, 2.05) is 6.07 Å². The minimum absolute atomic E-state index is 0.297. The van der Waals surface area contributed by atoms with Crippen LogP contribution < -0.4 is 11.2 Å². The van der Waals surface area contributed by atoms with E-state index in [9.17, 15) is 14.0 Å². The van der Waals surface area contributed by atoms with Gasteiger partial charge in [0.2, 0.25) is 5.91 Å². The van der Waals surface area contributed by atoms with Crippen LogP contribution in [0.15, 0.2) is 66.7 Å². The fourth-order valence-corrected chi connectivity index (χ4v) is 3.14. The highest BCUT2D eigenvalue weighted by atomic mass is 19.1. The molecule has 2 amide bonds. The molecule has 142 valence electrons. The van der Waals surface area contributed by atoms with Crippen molar-refractivity contribution < 1.29 is 19.2 Å². The topological polar surface area (TPSA) is 92.4 Å². The van der Waals surface area contributed by atoms with Gasteiger partial charge in [-0.3, -0.25) is 14.8 Å². The Morgan fingerprint density at radius 1 is 0.929 bits per heavy atom. The van der Waals surface area contributed by atoms with E-state index in [-0.39, 0.29) is 5.82 Å². The van der Waals surface area contributed by atoms with Gasteiger partial charge in [-0.05, 0) is 65.4 Å². The molecule has 3 aromatic rings. The van der Waals surface area contributed by atoms with Crippen LogP contribution in [0.5, 0.6) is 0 Å². The highest BCUT2D eigenvalue weighted by molar-refractivity contribution is 5.97. The average Bonchev–Trinajstić information content (AvgIpc) is 2.72. The Bertz CT molecular complexity index is 999. The maximum atomic E-state index is 13.1. The number of carbonyl (C=O) groups is 2. The third-order valence-electron chi connectivity index (χ3n) is 4.58. The van der Waals surface area contributed by atoms with E-state index in [0.717, 1.165) is 22.3 Å². The maximum absolute atomic E-state index is 13.1. The van der Waals surface area contributed by atoms with Gasteiger partial charge in [-0.1, -0.05) is 36.4 Å². The summed E-state index contributed by atoms with van der Waals surface area (Å²) in [5, 5.41) is 8.74. The number of primary amides is 1. The number of amides is 2. The number of halogens is 1. The van der Waals surface area contributed by atoms with Crippen molar-refractivity contribution in [3.05, 3.63) is 94.8 Å². The Morgan fingerprint density at radius 2 is 1.61 bits per heavy atom. The molecule has 0 radical (unpaired) electrons. The molecule has 0 unspecified atom stereocenters. The molecule has 0 aromatic heterocycles. The van der Waals surface area contributed by atoms with Crippen molar-refractivity contribution in [2.45, 2.75) is 12.8 Å². The summed E-state index contributed by atoms with van der Waals surface area (Å²) in [4.78, 5) is 23.4. The Labute approximate surface area is 161 Å². The second-order valence-electron chi connectivity index (χ2n) is 6.34. The first-order valence-electron chi connectivity index (χ1n) is 8.70. The molecule has 6 heteroatoms. The molecule has 0 spiro atoms. The number of nitrogens with two attached hydrogens (primary N) is 1. The molecule has 3 aromatic carbocycles. The summed E-state index contributed by atoms with van der Waals surface area (Å²) in [5.74, 6) is -1.42. The summed E-state index contributed by atoms with van der Waals surface area (Å²) in [6.07, 6.45) is 1.15. The van der Waals surface area contributed by atoms with Crippen LogP contribution in [0.3, 0.4) is 0 Å². The van der Waals surface area contributed by atoms with Crippen molar-refractivity contribution in [2.24, 2.45) is 5.73 Å². The van der Waals surface area contributed by atoms with Crippen LogP contribution in [-0.2, 0) is 12.8 Å². The van der Waals surface area contributed by atoms with E-state index in [2.05, 4.69) is 0 Å². The second-order valence-corrected chi connectivity index (χ2v) is 6.34. The van der Waals surface area contributed by atoms with Gasteiger partial charge in [0.1, 0.15) is 5.82 Å². The molecule has 0 bridgehead atoms. The number of aryl methyl sites for hydroxylation is 1. The van der Waals surface area contributed by atoms with E-state index < -0.39 is 11.8 Å². The summed E-state index contributed by atoms with van der Waals surface area (Å²) >= 11 is 0. The summed E-state index contributed by atoms with van der Waals surface area (Å²) in [6.45, 7) is 0. The molecule has 4 N–H and O–H groups in total. The third-order valence-corrected chi connectivity index (χ3v) is 4.58. The quantitative estimate of drug-likeness (QED) is 0.453. The number of hydrogen-bond acceptors (Lipinski definition) is 3. The lowest BCUT2D eigenvalue weighted by Crippen LogP contribution is -2.18. The van der Waals surface area contributed by atoms with Gasteiger partial charge in [0.05, 0.1) is 0 Å². The minimum atomic E-state index is -0.603. The number of carbonyl (C=O) groups excluding carboxylic acids is 2. The van der Waals surface area contributed by atoms with Crippen LogP contribution in [-0.4, -0.2) is 17.0 Å². The van der Waals surface area contributed by atoms with E-state index in [0.29, 0.717) is 24.0 Å². The van der Waals surface area contributed by atoms with Crippen LogP contribution in [0, 0.1) is 5.82 Å². The van der Waals surface area contributed by atoms with E-state index in [1.165, 1.54) is 12.1 Å². The lowest BCUT2D eigenvalue weighted by molar-refractivity contribution is 0.0706. The van der Waals surface area contributed by atoms with Crippen molar-refractivity contribution in [1.82, 2.24) is 5.48 Å². The third kappa shape index (κ3) is 4.24. The highest BCUT2D eigenvalue weighted by Crippen LogP contribution is 2.28. The number of nitrogens with one attached hydrogen (secondary N) is 1. The lowest BCUT2D eigenvalue weighted by Gasteiger charge is -2.14. The largest absolute Gasteiger partial charge is 0.366 e. The van der Waals surface area contributed by atoms with Gasteiger partial charge < -0.3 is 5.73 Å². The van der Waals surface area contributed by atoms with Gasteiger partial charge in [-0.15, -0.1) is 0 Å². The Morgan fingerprint density at radius 3 is 2.21 bits per heavy atom. The first-order chi connectivity index (χ1) is 13.5. The first-order valence-corrected chi connectivity index (χ1v) is 8.70. The summed E-state index contributed by atoms with van der Waals surface area (Å²) in [7, 11) is 0. The molecular formula is C22H19FN2O3. The molecule has 0 fully saturated rings. The van der Waals surface area contributed by atoms with Crippen LogP contribution >= 0.6 is 0 Å². The smallest absolute Gasteiger partial charge is 0.274 e. The zero-order valence-corrected chi connectivity index (χ0v) is 15.0. The van der Waals surface area contributed by atoms with Gasteiger partial charge >= 0.3 is 0 Å². The van der Waals surface area contributed by atoms with Crippen molar-refractivity contribution >= 4 is 11.8 Å². The fraction of sp³-hybridized carbons (Fsp3) is 0.0909. The van der Waals surface area contributed by atoms with Gasteiger partial charge in [0, 0.05) is 11.1 Å². The molecule has 5 nitrogen and oxygen atoms in total. The van der Waals surface area contributed by atoms with Crippen LogP contribution in [0.25, 0.3) is 11.1 Å². The highest BCUT2D eigenvalue weighted by Gasteiger charge is 2.14. The predicted molar refractivity (Wildman–Crippen MR) is 103 cm³/mol. The zero-order chi connectivity index (χ0) is 20.1. The van der Waals surface area contributed by atoms with Crippen molar-refractivity contribution in [2.75, 3.05) is 0 Å². The van der Waals surface area contributed by atoms with Crippen LogP contribution in [0.4, 0.5) is 4.39 Å². The molecule has 0 aliphatic heterocycles. The molecule has 0 atom stereocenters. The number of benzene rings is 3. The van der Waals surface area contributed by atoms with Gasteiger partial charge in [-0.2, -0.15) is 0 Å². The van der Waals surface area contributed by atoms with Gasteiger partial charge in [0.15, 0.2) is 0 Å². The molecule has 0 saturated carbocycles. The molecule has 0 aliphatic rings. The summed E-state index contributed by atoms with van der Waals surface area (Å²) < 4.78 is 13.1. The minimum Gasteiger partial charge on any atom is -0.366 e. The molecule has 0 heterocycles. The number of hydroxylamine groups is 1. The Hall–Kier alpha value is -3.51. The van der Waals surface area contributed by atoms with E-state index in [1.54, 1.807) is 54.0 Å². The first kappa shape index (κ1) is 19.3. The summed E-state index contributed by atoms with van der Waals surface area (Å²) in [5.41, 5.74) is 11.3. The van der Waals surface area contributed by atoms with E-state index in [4.69, 9.17) is 10.9 Å². The normalized spacial score (nSPS) is 10.5. The summed E-state index contributed by atoms with van der Waals surface area (Å²) in [6, 6.07) is 18.2. The lowest BCUT2D eigenvalue weighted by atomic mass is 9.90. The standard InChI is InChI=1S/C22H19FN2O3/c23-17-11-4-14(5-12-17)6-13-19-18(2-1-3-20(19)21(24)26)15-7-9-16(10-8-15)22(27)25-28/h1-5,7-12,28H,6,13H2,(H2,24,26)(H,25,27). The fourth-order valence-electron chi connectivity index (χ4n) is 3.14. The Balaban J connectivity index is 1.96. The molecule has 0 aliphatic carbocycles. The second kappa shape index (κ2) is 8.45. The van der Waals surface area contributed by atoms with Crippen molar-refractivity contribution in [3.8, 4) is 11.1 Å². The molecule has 28 heavy (non-hydrogen) atoms. The molecule has 0 saturated heterocycles. The number of hydrogen-bond donors (Lipinski definition) is 3. The maximum Gasteiger partial charge on any atom is 0.274 e. The van der Waals surface area contributed by atoms with Crippen LogP contribution in [0.1, 0.15) is 31.8 Å². The Kier molecular flexibility index (Phi) is 5.81.